The summed E-state index contributed by atoms with van der Waals surface area (Å²) in [5, 5.41) is 12.8. The number of hydrogen-bond donors (Lipinski definition) is 2. The zero-order valence-corrected chi connectivity index (χ0v) is 11.8. The molecule has 0 aliphatic carbocycles. The van der Waals surface area contributed by atoms with Gasteiger partial charge in [-0.25, -0.2) is 0 Å². The molecule has 2 rings (SSSR count). The van der Waals surface area contributed by atoms with Gasteiger partial charge in [0, 0.05) is 17.3 Å². The van der Waals surface area contributed by atoms with Crippen LogP contribution in [0.4, 0.5) is 14.5 Å². The van der Waals surface area contributed by atoms with Gasteiger partial charge in [0.05, 0.1) is 6.04 Å². The van der Waals surface area contributed by atoms with Crippen LogP contribution in [-0.4, -0.2) is 11.7 Å². The van der Waals surface area contributed by atoms with Crippen LogP contribution >= 0.6 is 0 Å². The molecule has 2 aromatic rings. The number of phenolic OH excluding ortho intramolecular Hbond substituents is 1. The molecule has 0 fully saturated rings. The number of nitrogens with one attached hydrogen (secondary N) is 1. The van der Waals surface area contributed by atoms with Gasteiger partial charge < -0.3 is 15.2 Å². The minimum absolute atomic E-state index is 0.142. The molecule has 3 nitrogen and oxygen atoms in total. The van der Waals surface area contributed by atoms with Gasteiger partial charge in [-0.15, -0.1) is 0 Å². The van der Waals surface area contributed by atoms with Crippen molar-refractivity contribution in [1.29, 1.82) is 0 Å². The minimum Gasteiger partial charge on any atom is -0.508 e. The lowest BCUT2D eigenvalue weighted by Gasteiger charge is -2.19. The van der Waals surface area contributed by atoms with Gasteiger partial charge in [0.25, 0.3) is 0 Å². The summed E-state index contributed by atoms with van der Waals surface area (Å²) in [6, 6.07) is 11.6. The van der Waals surface area contributed by atoms with Crippen molar-refractivity contribution in [2.45, 2.75) is 26.5 Å². The first-order valence-corrected chi connectivity index (χ1v) is 6.57. The van der Waals surface area contributed by atoms with Crippen molar-refractivity contribution in [2.75, 3.05) is 5.32 Å². The second-order valence-electron chi connectivity index (χ2n) is 4.78. The van der Waals surface area contributed by atoms with Gasteiger partial charge in [-0.2, -0.15) is 8.78 Å². The SMILES string of the molecule is Cc1ccc(NC(C)c2ccccc2OC(F)F)cc1O. The van der Waals surface area contributed by atoms with Gasteiger partial charge in [-0.3, -0.25) is 0 Å². The van der Waals surface area contributed by atoms with Gasteiger partial charge in [0.2, 0.25) is 0 Å². The first-order chi connectivity index (χ1) is 9.97. The highest BCUT2D eigenvalue weighted by molar-refractivity contribution is 5.53. The van der Waals surface area contributed by atoms with E-state index in [9.17, 15) is 13.9 Å². The average molecular weight is 293 g/mol. The molecule has 0 heterocycles. The molecule has 112 valence electrons. The van der Waals surface area contributed by atoms with Gasteiger partial charge in [0.1, 0.15) is 11.5 Å². The Morgan fingerprint density at radius 3 is 2.52 bits per heavy atom. The molecule has 0 aliphatic heterocycles. The van der Waals surface area contributed by atoms with Gasteiger partial charge in [-0.1, -0.05) is 24.3 Å². The van der Waals surface area contributed by atoms with E-state index in [1.165, 1.54) is 6.07 Å². The highest BCUT2D eigenvalue weighted by Crippen LogP contribution is 2.30. The Balaban J connectivity index is 2.19. The summed E-state index contributed by atoms with van der Waals surface area (Å²) >= 11 is 0. The highest BCUT2D eigenvalue weighted by atomic mass is 19.3. The van der Waals surface area contributed by atoms with Crippen LogP contribution in [0, 0.1) is 6.92 Å². The molecule has 21 heavy (non-hydrogen) atoms. The molecular formula is C16H17F2NO2. The second kappa shape index (κ2) is 6.43. The Labute approximate surface area is 122 Å². The third-order valence-electron chi connectivity index (χ3n) is 3.19. The number of alkyl halides is 2. The van der Waals surface area contributed by atoms with Crippen molar-refractivity contribution < 1.29 is 18.6 Å². The van der Waals surface area contributed by atoms with E-state index < -0.39 is 6.61 Å². The maximum absolute atomic E-state index is 12.4. The zero-order chi connectivity index (χ0) is 15.4. The van der Waals surface area contributed by atoms with Crippen LogP contribution in [0.1, 0.15) is 24.1 Å². The lowest BCUT2D eigenvalue weighted by Crippen LogP contribution is -2.11. The fraction of sp³-hybridized carbons (Fsp3) is 0.250. The number of phenols is 1. The average Bonchev–Trinajstić information content (AvgIpc) is 2.43. The van der Waals surface area contributed by atoms with E-state index in [1.807, 2.05) is 13.0 Å². The molecule has 5 heteroatoms. The van der Waals surface area contributed by atoms with Crippen molar-refractivity contribution >= 4 is 5.69 Å². The van der Waals surface area contributed by atoms with E-state index in [0.29, 0.717) is 11.3 Å². The predicted molar refractivity (Wildman–Crippen MR) is 78.0 cm³/mol. The molecule has 2 aromatic carbocycles. The van der Waals surface area contributed by atoms with Crippen LogP contribution < -0.4 is 10.1 Å². The molecular weight excluding hydrogens is 276 g/mol. The number of rotatable bonds is 5. The van der Waals surface area contributed by atoms with Crippen LogP contribution in [0.15, 0.2) is 42.5 Å². The summed E-state index contributed by atoms with van der Waals surface area (Å²) in [6.07, 6.45) is 0. The fourth-order valence-corrected chi connectivity index (χ4v) is 2.07. The number of anilines is 1. The number of para-hydroxylation sites is 1. The molecule has 0 aromatic heterocycles. The fourth-order valence-electron chi connectivity index (χ4n) is 2.07. The Morgan fingerprint density at radius 1 is 1.14 bits per heavy atom. The lowest BCUT2D eigenvalue weighted by molar-refractivity contribution is -0.0505. The molecule has 1 atom stereocenters. The largest absolute Gasteiger partial charge is 0.508 e. The van der Waals surface area contributed by atoms with E-state index in [-0.39, 0.29) is 17.5 Å². The summed E-state index contributed by atoms with van der Waals surface area (Å²) in [5.74, 6) is 0.327. The van der Waals surface area contributed by atoms with Gasteiger partial charge in [0.15, 0.2) is 0 Å². The van der Waals surface area contributed by atoms with Gasteiger partial charge >= 0.3 is 6.61 Å². The molecule has 0 saturated carbocycles. The lowest BCUT2D eigenvalue weighted by atomic mass is 10.1. The van der Waals surface area contributed by atoms with E-state index >= 15 is 0 Å². The van der Waals surface area contributed by atoms with E-state index in [0.717, 1.165) is 5.56 Å². The molecule has 0 aliphatic rings. The molecule has 1 unspecified atom stereocenters. The Bertz CT molecular complexity index is 617. The van der Waals surface area contributed by atoms with E-state index in [1.54, 1.807) is 37.3 Å². The van der Waals surface area contributed by atoms with Crippen molar-refractivity contribution in [3.63, 3.8) is 0 Å². The Kier molecular flexibility index (Phi) is 4.62. The van der Waals surface area contributed by atoms with Crippen LogP contribution in [0.25, 0.3) is 0 Å². The van der Waals surface area contributed by atoms with Gasteiger partial charge in [-0.05, 0) is 31.5 Å². The zero-order valence-electron chi connectivity index (χ0n) is 11.8. The first-order valence-electron chi connectivity index (χ1n) is 6.57. The smallest absolute Gasteiger partial charge is 0.387 e. The van der Waals surface area contributed by atoms with E-state index in [4.69, 9.17) is 0 Å². The highest BCUT2D eigenvalue weighted by Gasteiger charge is 2.14. The quantitative estimate of drug-likeness (QED) is 0.854. The van der Waals surface area contributed by atoms with Crippen LogP contribution in [-0.2, 0) is 0 Å². The van der Waals surface area contributed by atoms with Crippen molar-refractivity contribution in [3.8, 4) is 11.5 Å². The summed E-state index contributed by atoms with van der Waals surface area (Å²) < 4.78 is 29.3. The minimum atomic E-state index is -2.86. The molecule has 0 radical (unpaired) electrons. The number of aryl methyl sites for hydroxylation is 1. The van der Waals surface area contributed by atoms with Crippen molar-refractivity contribution in [3.05, 3.63) is 53.6 Å². The third kappa shape index (κ3) is 3.84. The molecule has 0 amide bonds. The Hall–Kier alpha value is -2.30. The number of aromatic hydroxyl groups is 1. The summed E-state index contributed by atoms with van der Waals surface area (Å²) in [4.78, 5) is 0. The van der Waals surface area contributed by atoms with Crippen molar-refractivity contribution in [2.24, 2.45) is 0 Å². The topological polar surface area (TPSA) is 41.5 Å². The first kappa shape index (κ1) is 15.1. The molecule has 0 bridgehead atoms. The second-order valence-corrected chi connectivity index (χ2v) is 4.78. The van der Waals surface area contributed by atoms with Crippen LogP contribution in [0.5, 0.6) is 11.5 Å². The molecule has 0 spiro atoms. The van der Waals surface area contributed by atoms with Crippen molar-refractivity contribution in [1.82, 2.24) is 0 Å². The maximum Gasteiger partial charge on any atom is 0.387 e. The third-order valence-corrected chi connectivity index (χ3v) is 3.19. The van der Waals surface area contributed by atoms with Crippen LogP contribution in [0.2, 0.25) is 0 Å². The monoisotopic (exact) mass is 293 g/mol. The number of halogens is 2. The van der Waals surface area contributed by atoms with Crippen LogP contribution in [0.3, 0.4) is 0 Å². The van der Waals surface area contributed by atoms with E-state index in [2.05, 4.69) is 10.1 Å². The standard InChI is InChI=1S/C16H17F2NO2/c1-10-7-8-12(9-14(10)20)19-11(2)13-5-3-4-6-15(13)21-16(17)18/h3-9,11,16,19-20H,1-2H3. The molecule has 0 saturated heterocycles. The number of hydrogen-bond acceptors (Lipinski definition) is 3. The summed E-state index contributed by atoms with van der Waals surface area (Å²) in [6.45, 7) is 0.778. The number of benzene rings is 2. The predicted octanol–water partition coefficient (Wildman–Crippen LogP) is 4.48. The molecule has 2 N–H and O–H groups in total. The summed E-state index contributed by atoms with van der Waals surface area (Å²) in [5.41, 5.74) is 2.10. The number of ether oxygens (including phenoxy) is 1. The normalized spacial score (nSPS) is 12.2. The summed E-state index contributed by atoms with van der Waals surface area (Å²) in [7, 11) is 0. The maximum atomic E-state index is 12.4. The Morgan fingerprint density at radius 2 is 1.86 bits per heavy atom.